The maximum atomic E-state index is 6.16. The topological polar surface area (TPSA) is 35.2 Å². The molecule has 1 atom stereocenters. The summed E-state index contributed by atoms with van der Waals surface area (Å²) >= 11 is 3.48. The van der Waals surface area contributed by atoms with Crippen LogP contribution in [0.5, 0.6) is 5.75 Å². The van der Waals surface area contributed by atoms with Crippen molar-refractivity contribution in [3.05, 3.63) is 28.2 Å². The molecule has 1 rings (SSSR count). The first-order valence-electron chi connectivity index (χ1n) is 5.42. The van der Waals surface area contributed by atoms with Crippen LogP contribution in [0.4, 0.5) is 0 Å². The highest BCUT2D eigenvalue weighted by molar-refractivity contribution is 9.10. The van der Waals surface area contributed by atoms with Gasteiger partial charge in [0.1, 0.15) is 5.75 Å². The van der Waals surface area contributed by atoms with Gasteiger partial charge in [-0.25, -0.2) is 0 Å². The summed E-state index contributed by atoms with van der Waals surface area (Å²) in [4.78, 5) is 0. The number of hydrogen-bond donors (Lipinski definition) is 1. The number of rotatable bonds is 3. The van der Waals surface area contributed by atoms with Gasteiger partial charge in [-0.15, -0.1) is 0 Å². The summed E-state index contributed by atoms with van der Waals surface area (Å²) in [6.07, 6.45) is 0.881. The summed E-state index contributed by atoms with van der Waals surface area (Å²) in [5.74, 6) is 0.855. The highest BCUT2D eigenvalue weighted by Crippen LogP contribution is 2.27. The van der Waals surface area contributed by atoms with E-state index in [-0.39, 0.29) is 11.5 Å². The van der Waals surface area contributed by atoms with Crippen LogP contribution in [0.1, 0.15) is 26.3 Å². The minimum Gasteiger partial charge on any atom is -0.496 e. The van der Waals surface area contributed by atoms with Crippen LogP contribution in [0, 0.1) is 5.41 Å². The average molecular weight is 286 g/mol. The average Bonchev–Trinajstić information content (AvgIpc) is 2.16. The third kappa shape index (κ3) is 3.49. The van der Waals surface area contributed by atoms with Crippen molar-refractivity contribution in [3.8, 4) is 5.75 Å². The summed E-state index contributed by atoms with van der Waals surface area (Å²) in [5.41, 5.74) is 7.52. The predicted molar refractivity (Wildman–Crippen MR) is 71.8 cm³/mol. The molecule has 0 aliphatic carbocycles. The summed E-state index contributed by atoms with van der Waals surface area (Å²) < 4.78 is 6.17. The normalized spacial score (nSPS) is 13.6. The quantitative estimate of drug-likeness (QED) is 0.924. The first kappa shape index (κ1) is 13.5. The fraction of sp³-hybridized carbons (Fsp3) is 0.538. The third-order valence-electron chi connectivity index (χ3n) is 2.78. The van der Waals surface area contributed by atoms with Gasteiger partial charge in [0.15, 0.2) is 0 Å². The molecule has 2 nitrogen and oxygen atoms in total. The molecule has 2 N–H and O–H groups in total. The van der Waals surface area contributed by atoms with Gasteiger partial charge in [0.25, 0.3) is 0 Å². The van der Waals surface area contributed by atoms with E-state index < -0.39 is 0 Å². The van der Waals surface area contributed by atoms with Crippen LogP contribution in [-0.4, -0.2) is 13.2 Å². The Kier molecular flexibility index (Phi) is 4.39. The van der Waals surface area contributed by atoms with Crippen molar-refractivity contribution in [1.82, 2.24) is 0 Å². The molecular formula is C13H20BrNO. The molecule has 90 valence electrons. The molecule has 0 saturated heterocycles. The number of nitrogens with two attached hydrogens (primary N) is 1. The Labute approximate surface area is 106 Å². The van der Waals surface area contributed by atoms with Gasteiger partial charge in [0, 0.05) is 6.04 Å². The van der Waals surface area contributed by atoms with E-state index in [0.29, 0.717) is 0 Å². The minimum absolute atomic E-state index is 0.131. The number of halogens is 1. The van der Waals surface area contributed by atoms with Gasteiger partial charge in [-0.1, -0.05) is 26.8 Å². The Bertz CT molecular complexity index is 357. The van der Waals surface area contributed by atoms with Crippen LogP contribution in [0.25, 0.3) is 0 Å². The lowest BCUT2D eigenvalue weighted by molar-refractivity contribution is 0.318. The highest BCUT2D eigenvalue weighted by Gasteiger charge is 2.20. The van der Waals surface area contributed by atoms with E-state index in [0.717, 1.165) is 16.6 Å². The molecule has 0 amide bonds. The van der Waals surface area contributed by atoms with Crippen molar-refractivity contribution < 1.29 is 4.74 Å². The molecule has 0 bridgehead atoms. The maximum Gasteiger partial charge on any atom is 0.133 e. The molecule has 0 spiro atoms. The SMILES string of the molecule is COc1ccc(CC(N)C(C)(C)C)cc1Br. The van der Waals surface area contributed by atoms with Gasteiger partial charge in [0.05, 0.1) is 11.6 Å². The molecule has 0 radical (unpaired) electrons. The monoisotopic (exact) mass is 285 g/mol. The van der Waals surface area contributed by atoms with Crippen LogP contribution in [0.2, 0.25) is 0 Å². The Morgan fingerprint density at radius 3 is 2.44 bits per heavy atom. The summed E-state index contributed by atoms with van der Waals surface area (Å²) in [7, 11) is 1.67. The van der Waals surface area contributed by atoms with Crippen molar-refractivity contribution >= 4 is 15.9 Å². The van der Waals surface area contributed by atoms with Gasteiger partial charge < -0.3 is 10.5 Å². The third-order valence-corrected chi connectivity index (χ3v) is 3.40. The van der Waals surface area contributed by atoms with Crippen molar-refractivity contribution in [2.24, 2.45) is 11.1 Å². The van der Waals surface area contributed by atoms with Crippen LogP contribution in [-0.2, 0) is 6.42 Å². The zero-order valence-electron chi connectivity index (χ0n) is 10.4. The van der Waals surface area contributed by atoms with Gasteiger partial charge >= 0.3 is 0 Å². The fourth-order valence-corrected chi connectivity index (χ4v) is 1.99. The number of hydrogen-bond acceptors (Lipinski definition) is 2. The number of ether oxygens (including phenoxy) is 1. The lowest BCUT2D eigenvalue weighted by Gasteiger charge is -2.27. The van der Waals surface area contributed by atoms with Crippen molar-refractivity contribution in [3.63, 3.8) is 0 Å². The first-order valence-corrected chi connectivity index (χ1v) is 6.22. The van der Waals surface area contributed by atoms with Crippen molar-refractivity contribution in [2.75, 3.05) is 7.11 Å². The summed E-state index contributed by atoms with van der Waals surface area (Å²) in [5, 5.41) is 0. The largest absolute Gasteiger partial charge is 0.496 e. The van der Waals surface area contributed by atoms with E-state index in [4.69, 9.17) is 10.5 Å². The second kappa shape index (κ2) is 5.19. The molecule has 0 fully saturated rings. The Balaban J connectivity index is 2.79. The van der Waals surface area contributed by atoms with Crippen LogP contribution in [0.3, 0.4) is 0 Å². The van der Waals surface area contributed by atoms with Gasteiger partial charge in [-0.3, -0.25) is 0 Å². The first-order chi connectivity index (χ1) is 7.34. The Hall–Kier alpha value is -0.540. The zero-order valence-corrected chi connectivity index (χ0v) is 12.0. The van der Waals surface area contributed by atoms with Crippen LogP contribution < -0.4 is 10.5 Å². The van der Waals surface area contributed by atoms with Gasteiger partial charge in [-0.2, -0.15) is 0 Å². The molecular weight excluding hydrogens is 266 g/mol. The zero-order chi connectivity index (χ0) is 12.3. The molecule has 3 heteroatoms. The molecule has 16 heavy (non-hydrogen) atoms. The van der Waals surface area contributed by atoms with Crippen LogP contribution >= 0.6 is 15.9 Å². The predicted octanol–water partition coefficient (Wildman–Crippen LogP) is 3.37. The summed E-state index contributed by atoms with van der Waals surface area (Å²) in [6, 6.07) is 6.27. The number of benzene rings is 1. The molecule has 0 saturated carbocycles. The molecule has 0 aliphatic rings. The van der Waals surface area contributed by atoms with Crippen molar-refractivity contribution in [2.45, 2.75) is 33.2 Å². The van der Waals surface area contributed by atoms with E-state index >= 15 is 0 Å². The maximum absolute atomic E-state index is 6.16. The summed E-state index contributed by atoms with van der Waals surface area (Å²) in [6.45, 7) is 6.49. The smallest absolute Gasteiger partial charge is 0.133 e. The standard InChI is InChI=1S/C13H20BrNO/c1-13(2,3)12(15)8-9-5-6-11(16-4)10(14)7-9/h5-7,12H,8,15H2,1-4H3. The second-order valence-corrected chi connectivity index (χ2v) is 6.00. The highest BCUT2D eigenvalue weighted by atomic mass is 79.9. The van der Waals surface area contributed by atoms with E-state index in [9.17, 15) is 0 Å². The lowest BCUT2D eigenvalue weighted by Crippen LogP contribution is -2.36. The molecule has 0 aromatic heterocycles. The fourth-order valence-electron chi connectivity index (χ4n) is 1.40. The molecule has 0 aliphatic heterocycles. The Morgan fingerprint density at radius 1 is 1.38 bits per heavy atom. The van der Waals surface area contributed by atoms with E-state index in [2.05, 4.69) is 48.8 Å². The molecule has 1 aromatic carbocycles. The van der Waals surface area contributed by atoms with Gasteiger partial charge in [0.2, 0.25) is 0 Å². The van der Waals surface area contributed by atoms with E-state index in [1.54, 1.807) is 7.11 Å². The van der Waals surface area contributed by atoms with Crippen LogP contribution in [0.15, 0.2) is 22.7 Å². The molecule has 1 aromatic rings. The molecule has 0 heterocycles. The molecule has 1 unspecified atom stereocenters. The number of methoxy groups -OCH3 is 1. The minimum atomic E-state index is 0.131. The van der Waals surface area contributed by atoms with E-state index in [1.807, 2.05) is 6.07 Å². The van der Waals surface area contributed by atoms with Gasteiger partial charge in [-0.05, 0) is 45.5 Å². The second-order valence-electron chi connectivity index (χ2n) is 5.15. The van der Waals surface area contributed by atoms with Crippen molar-refractivity contribution in [1.29, 1.82) is 0 Å². The Morgan fingerprint density at radius 2 is 2.00 bits per heavy atom. The van der Waals surface area contributed by atoms with E-state index in [1.165, 1.54) is 5.56 Å². The lowest BCUT2D eigenvalue weighted by atomic mass is 9.84.